The first kappa shape index (κ1) is 17.2. The zero-order valence-corrected chi connectivity index (χ0v) is 14.9. The fourth-order valence-electron chi connectivity index (χ4n) is 3.44. The highest BCUT2D eigenvalue weighted by molar-refractivity contribution is 6.14. The lowest BCUT2D eigenvalue weighted by Crippen LogP contribution is -2.35. The van der Waals surface area contributed by atoms with Crippen LogP contribution in [0.5, 0.6) is 0 Å². The summed E-state index contributed by atoms with van der Waals surface area (Å²) in [7, 11) is 0. The van der Waals surface area contributed by atoms with E-state index in [-0.39, 0.29) is 17.9 Å². The summed E-state index contributed by atoms with van der Waals surface area (Å²) in [5.41, 5.74) is 1.79. The Kier molecular flexibility index (Phi) is 4.85. The van der Waals surface area contributed by atoms with Crippen molar-refractivity contribution in [3.8, 4) is 0 Å². The molecule has 5 heteroatoms. The molecular formula is C22H21N3O2. The molecule has 1 atom stereocenters. The summed E-state index contributed by atoms with van der Waals surface area (Å²) in [4.78, 5) is 25.3. The maximum absolute atomic E-state index is 12.9. The van der Waals surface area contributed by atoms with Crippen LogP contribution < -0.4 is 16.0 Å². The van der Waals surface area contributed by atoms with Gasteiger partial charge in [-0.2, -0.15) is 0 Å². The highest BCUT2D eigenvalue weighted by Crippen LogP contribution is 2.24. The van der Waals surface area contributed by atoms with Crippen molar-refractivity contribution in [2.75, 3.05) is 17.2 Å². The first-order valence-electron chi connectivity index (χ1n) is 9.15. The molecule has 1 saturated heterocycles. The molecule has 1 aliphatic rings. The van der Waals surface area contributed by atoms with E-state index in [1.54, 1.807) is 18.2 Å². The van der Waals surface area contributed by atoms with E-state index < -0.39 is 0 Å². The Hall–Kier alpha value is -3.18. The molecule has 0 aliphatic carbocycles. The van der Waals surface area contributed by atoms with Crippen LogP contribution in [-0.4, -0.2) is 24.4 Å². The minimum atomic E-state index is -0.201. The van der Waals surface area contributed by atoms with Gasteiger partial charge in [-0.3, -0.25) is 9.59 Å². The van der Waals surface area contributed by atoms with Crippen LogP contribution in [0.15, 0.2) is 66.7 Å². The standard InChI is InChI=1S/C22H21N3O2/c26-21(17-10-5-8-15-7-1-2-9-16(15)17)24-18-11-3-4-12-19(18)25-22(27)20-13-6-14-23-20/h1-5,7-12,20,23H,6,13-14H2,(H,24,26)(H,25,27)/t20-/m0/s1. The third-order valence-electron chi connectivity index (χ3n) is 4.84. The summed E-state index contributed by atoms with van der Waals surface area (Å²) >= 11 is 0. The Morgan fingerprint density at radius 3 is 2.33 bits per heavy atom. The normalized spacial score (nSPS) is 16.2. The second-order valence-corrected chi connectivity index (χ2v) is 6.66. The van der Waals surface area contributed by atoms with Gasteiger partial charge in [-0.25, -0.2) is 0 Å². The van der Waals surface area contributed by atoms with E-state index in [4.69, 9.17) is 0 Å². The molecule has 1 heterocycles. The van der Waals surface area contributed by atoms with Crippen LogP contribution in [0.3, 0.4) is 0 Å². The van der Waals surface area contributed by atoms with Crippen LogP contribution in [0, 0.1) is 0 Å². The van der Waals surface area contributed by atoms with Crippen molar-refractivity contribution in [2.45, 2.75) is 18.9 Å². The summed E-state index contributed by atoms with van der Waals surface area (Å²) in [6, 6.07) is 20.5. The Balaban J connectivity index is 1.57. The Morgan fingerprint density at radius 2 is 1.56 bits per heavy atom. The van der Waals surface area contributed by atoms with Crippen LogP contribution in [0.1, 0.15) is 23.2 Å². The van der Waals surface area contributed by atoms with E-state index in [0.29, 0.717) is 16.9 Å². The highest BCUT2D eigenvalue weighted by atomic mass is 16.2. The Bertz CT molecular complexity index is 988. The third-order valence-corrected chi connectivity index (χ3v) is 4.84. The molecule has 3 N–H and O–H groups in total. The zero-order valence-electron chi connectivity index (χ0n) is 14.9. The van der Waals surface area contributed by atoms with Crippen molar-refractivity contribution in [2.24, 2.45) is 0 Å². The molecule has 4 rings (SSSR count). The monoisotopic (exact) mass is 359 g/mol. The van der Waals surface area contributed by atoms with Crippen molar-refractivity contribution in [1.29, 1.82) is 0 Å². The summed E-state index contributed by atoms with van der Waals surface area (Å²) in [5, 5.41) is 11.0. The fourth-order valence-corrected chi connectivity index (χ4v) is 3.44. The fraction of sp³-hybridized carbons (Fsp3) is 0.182. The average Bonchev–Trinajstić information content (AvgIpc) is 3.24. The average molecular weight is 359 g/mol. The number of carbonyl (C=O) groups is 2. The minimum absolute atomic E-state index is 0.0700. The van der Waals surface area contributed by atoms with Crippen LogP contribution in [0.4, 0.5) is 11.4 Å². The van der Waals surface area contributed by atoms with Gasteiger partial charge in [0.05, 0.1) is 17.4 Å². The maximum Gasteiger partial charge on any atom is 0.256 e. The van der Waals surface area contributed by atoms with E-state index in [0.717, 1.165) is 30.2 Å². The van der Waals surface area contributed by atoms with Gasteiger partial charge in [0.1, 0.15) is 0 Å². The van der Waals surface area contributed by atoms with Gasteiger partial charge in [-0.05, 0) is 48.4 Å². The molecule has 27 heavy (non-hydrogen) atoms. The Labute approximate surface area is 157 Å². The van der Waals surface area contributed by atoms with Crippen molar-refractivity contribution < 1.29 is 9.59 Å². The summed E-state index contributed by atoms with van der Waals surface area (Å²) in [6.45, 7) is 0.859. The van der Waals surface area contributed by atoms with E-state index in [2.05, 4.69) is 16.0 Å². The second kappa shape index (κ2) is 7.60. The van der Waals surface area contributed by atoms with E-state index in [9.17, 15) is 9.59 Å². The number of nitrogens with one attached hydrogen (secondary N) is 3. The second-order valence-electron chi connectivity index (χ2n) is 6.66. The number of benzene rings is 3. The molecule has 0 spiro atoms. The zero-order chi connectivity index (χ0) is 18.6. The molecule has 0 saturated carbocycles. The van der Waals surface area contributed by atoms with Crippen LogP contribution >= 0.6 is 0 Å². The molecule has 2 amide bonds. The number of para-hydroxylation sites is 2. The van der Waals surface area contributed by atoms with Gasteiger partial charge in [0.25, 0.3) is 5.91 Å². The molecule has 136 valence electrons. The van der Waals surface area contributed by atoms with E-state index in [1.165, 1.54) is 0 Å². The van der Waals surface area contributed by atoms with Gasteiger partial charge >= 0.3 is 0 Å². The number of hydrogen-bond acceptors (Lipinski definition) is 3. The van der Waals surface area contributed by atoms with E-state index >= 15 is 0 Å². The third kappa shape index (κ3) is 3.68. The molecule has 0 bridgehead atoms. The first-order chi connectivity index (χ1) is 13.2. The first-order valence-corrected chi connectivity index (χ1v) is 9.15. The quantitative estimate of drug-likeness (QED) is 0.664. The number of hydrogen-bond donors (Lipinski definition) is 3. The van der Waals surface area contributed by atoms with Gasteiger partial charge in [-0.1, -0.05) is 48.5 Å². The van der Waals surface area contributed by atoms with Gasteiger partial charge in [0.2, 0.25) is 5.91 Å². The van der Waals surface area contributed by atoms with Crippen molar-refractivity contribution in [3.63, 3.8) is 0 Å². The molecule has 0 unspecified atom stereocenters. The molecule has 3 aromatic rings. The topological polar surface area (TPSA) is 70.2 Å². The number of amides is 2. The van der Waals surface area contributed by atoms with Crippen LogP contribution in [-0.2, 0) is 4.79 Å². The SMILES string of the molecule is O=C(Nc1ccccc1NC(=O)[C@@H]1CCCN1)c1cccc2ccccc12. The van der Waals surface area contributed by atoms with Gasteiger partial charge < -0.3 is 16.0 Å². The van der Waals surface area contributed by atoms with Crippen LogP contribution in [0.25, 0.3) is 10.8 Å². The lowest BCUT2D eigenvalue weighted by atomic mass is 10.0. The van der Waals surface area contributed by atoms with Gasteiger partial charge in [0, 0.05) is 5.56 Å². The minimum Gasteiger partial charge on any atom is -0.323 e. The molecule has 0 radical (unpaired) electrons. The largest absolute Gasteiger partial charge is 0.323 e. The molecule has 1 fully saturated rings. The van der Waals surface area contributed by atoms with Crippen molar-refractivity contribution in [1.82, 2.24) is 5.32 Å². The predicted octanol–water partition coefficient (Wildman–Crippen LogP) is 3.78. The summed E-state index contributed by atoms with van der Waals surface area (Å²) in [5.74, 6) is -0.271. The van der Waals surface area contributed by atoms with Crippen molar-refractivity contribution in [3.05, 3.63) is 72.3 Å². The maximum atomic E-state index is 12.9. The molecule has 5 nitrogen and oxygen atoms in total. The van der Waals surface area contributed by atoms with Gasteiger partial charge in [0.15, 0.2) is 0 Å². The number of carbonyl (C=O) groups excluding carboxylic acids is 2. The van der Waals surface area contributed by atoms with E-state index in [1.807, 2.05) is 48.5 Å². The highest BCUT2D eigenvalue weighted by Gasteiger charge is 2.22. The number of rotatable bonds is 4. The lowest BCUT2D eigenvalue weighted by molar-refractivity contribution is -0.117. The molecule has 0 aromatic heterocycles. The number of fused-ring (bicyclic) bond motifs is 1. The van der Waals surface area contributed by atoms with Crippen molar-refractivity contribution >= 4 is 34.0 Å². The number of anilines is 2. The summed E-state index contributed by atoms with van der Waals surface area (Å²) < 4.78 is 0. The molecule has 3 aromatic carbocycles. The predicted molar refractivity (Wildman–Crippen MR) is 108 cm³/mol. The lowest BCUT2D eigenvalue weighted by Gasteiger charge is -2.15. The summed E-state index contributed by atoms with van der Waals surface area (Å²) in [6.07, 6.45) is 1.83. The molecule has 1 aliphatic heterocycles. The van der Waals surface area contributed by atoms with Crippen LogP contribution in [0.2, 0.25) is 0 Å². The smallest absolute Gasteiger partial charge is 0.256 e. The Morgan fingerprint density at radius 1 is 0.852 bits per heavy atom. The molecular weight excluding hydrogens is 338 g/mol. The van der Waals surface area contributed by atoms with Gasteiger partial charge in [-0.15, -0.1) is 0 Å².